The number of H-pyrrole nitrogens is 1. The lowest BCUT2D eigenvalue weighted by Crippen LogP contribution is -2.39. The summed E-state index contributed by atoms with van der Waals surface area (Å²) in [5.41, 5.74) is 6.50. The number of ether oxygens (including phenoxy) is 1. The van der Waals surface area contributed by atoms with Crippen LogP contribution in [0.25, 0.3) is 0 Å². The molecule has 1 aromatic heterocycles. The summed E-state index contributed by atoms with van der Waals surface area (Å²) in [4.78, 5) is 11.4. The molecule has 0 saturated carbocycles. The van der Waals surface area contributed by atoms with Crippen molar-refractivity contribution in [1.29, 1.82) is 0 Å². The number of hydrogen-bond acceptors (Lipinski definition) is 4. The number of carbonyl (C=O) groups is 1. The largest absolute Gasteiger partial charge is 0.383 e. The molecule has 1 atom stereocenters. The van der Waals surface area contributed by atoms with Crippen LogP contribution in [-0.2, 0) is 16.0 Å². The fourth-order valence-electron chi connectivity index (χ4n) is 1.08. The van der Waals surface area contributed by atoms with E-state index in [-0.39, 0.29) is 12.5 Å². The minimum atomic E-state index is -0.670. The molecule has 0 bridgehead atoms. The Labute approximate surface area is 88.2 Å². The maximum atomic E-state index is 11.4. The average molecular weight is 212 g/mol. The molecule has 6 nitrogen and oxygen atoms in total. The maximum absolute atomic E-state index is 11.4. The van der Waals surface area contributed by atoms with Crippen LogP contribution in [0.3, 0.4) is 0 Å². The second kappa shape index (κ2) is 5.47. The van der Waals surface area contributed by atoms with E-state index in [0.29, 0.717) is 5.82 Å². The van der Waals surface area contributed by atoms with Crippen molar-refractivity contribution in [2.75, 3.05) is 19.0 Å². The number of carbonyl (C=O) groups excluding carboxylic acids is 1. The number of nitrogens with zero attached hydrogens (tertiary/aromatic N) is 1. The Bertz CT molecular complexity index is 324. The summed E-state index contributed by atoms with van der Waals surface area (Å²) in [6.07, 6.45) is 0.840. The van der Waals surface area contributed by atoms with Crippen molar-refractivity contribution in [2.24, 2.45) is 5.73 Å². The van der Waals surface area contributed by atoms with Crippen molar-refractivity contribution in [1.82, 2.24) is 10.2 Å². The first kappa shape index (κ1) is 11.7. The number of methoxy groups -OCH3 is 1. The van der Waals surface area contributed by atoms with E-state index in [1.807, 2.05) is 6.92 Å². The van der Waals surface area contributed by atoms with E-state index in [1.54, 1.807) is 6.07 Å². The summed E-state index contributed by atoms with van der Waals surface area (Å²) in [5, 5.41) is 9.31. The fraction of sp³-hybridized carbons (Fsp3) is 0.556. The van der Waals surface area contributed by atoms with Gasteiger partial charge in [0.25, 0.3) is 0 Å². The van der Waals surface area contributed by atoms with Crippen LogP contribution in [0.2, 0.25) is 0 Å². The van der Waals surface area contributed by atoms with Gasteiger partial charge in [0.1, 0.15) is 6.04 Å². The first-order chi connectivity index (χ1) is 7.17. The molecule has 84 valence electrons. The first-order valence-electron chi connectivity index (χ1n) is 4.77. The molecular weight excluding hydrogens is 196 g/mol. The number of aromatic amines is 1. The average Bonchev–Trinajstić information content (AvgIpc) is 2.66. The molecule has 0 aliphatic heterocycles. The Hall–Kier alpha value is -1.40. The molecule has 0 spiro atoms. The van der Waals surface area contributed by atoms with Crippen molar-refractivity contribution >= 4 is 11.7 Å². The van der Waals surface area contributed by atoms with Crippen LogP contribution in [0.5, 0.6) is 0 Å². The van der Waals surface area contributed by atoms with Gasteiger partial charge in [0, 0.05) is 18.9 Å². The third kappa shape index (κ3) is 3.34. The molecule has 4 N–H and O–H groups in total. The van der Waals surface area contributed by atoms with Crippen LogP contribution >= 0.6 is 0 Å². The summed E-state index contributed by atoms with van der Waals surface area (Å²) in [7, 11) is 1.50. The van der Waals surface area contributed by atoms with Crippen LogP contribution in [0.1, 0.15) is 12.6 Å². The minimum absolute atomic E-state index is 0.191. The Morgan fingerprint density at radius 2 is 2.53 bits per heavy atom. The van der Waals surface area contributed by atoms with Crippen LogP contribution in [0, 0.1) is 0 Å². The monoisotopic (exact) mass is 212 g/mol. The molecule has 1 amide bonds. The highest BCUT2D eigenvalue weighted by molar-refractivity contribution is 5.93. The van der Waals surface area contributed by atoms with Crippen LogP contribution in [-0.4, -0.2) is 35.9 Å². The number of nitrogens with one attached hydrogen (secondary N) is 2. The smallest absolute Gasteiger partial charge is 0.244 e. The minimum Gasteiger partial charge on any atom is -0.383 e. The first-order valence-corrected chi connectivity index (χ1v) is 4.77. The normalized spacial score (nSPS) is 12.5. The van der Waals surface area contributed by atoms with Gasteiger partial charge >= 0.3 is 0 Å². The van der Waals surface area contributed by atoms with Crippen molar-refractivity contribution in [3.05, 3.63) is 11.8 Å². The van der Waals surface area contributed by atoms with E-state index < -0.39 is 6.04 Å². The second-order valence-corrected chi connectivity index (χ2v) is 3.18. The van der Waals surface area contributed by atoms with Gasteiger partial charge in [0.2, 0.25) is 5.91 Å². The predicted molar refractivity (Wildman–Crippen MR) is 56.4 cm³/mol. The molecule has 0 aliphatic carbocycles. The molecule has 15 heavy (non-hydrogen) atoms. The summed E-state index contributed by atoms with van der Waals surface area (Å²) in [6, 6.07) is 1.11. The van der Waals surface area contributed by atoms with Gasteiger partial charge < -0.3 is 15.8 Å². The van der Waals surface area contributed by atoms with E-state index in [9.17, 15) is 4.79 Å². The number of anilines is 1. The highest BCUT2D eigenvalue weighted by Gasteiger charge is 2.14. The van der Waals surface area contributed by atoms with Crippen LogP contribution < -0.4 is 11.1 Å². The predicted octanol–water partition coefficient (Wildman–Crippen LogP) is -0.116. The second-order valence-electron chi connectivity index (χ2n) is 3.18. The molecule has 6 heteroatoms. The highest BCUT2D eigenvalue weighted by Crippen LogP contribution is 2.05. The third-order valence-corrected chi connectivity index (χ3v) is 1.95. The molecule has 1 rings (SSSR count). The van der Waals surface area contributed by atoms with Gasteiger partial charge in [-0.3, -0.25) is 9.89 Å². The number of hydrogen-bond donors (Lipinski definition) is 3. The van der Waals surface area contributed by atoms with Crippen molar-refractivity contribution in [3.63, 3.8) is 0 Å². The number of nitrogens with two attached hydrogens (primary N) is 1. The van der Waals surface area contributed by atoms with E-state index >= 15 is 0 Å². The lowest BCUT2D eigenvalue weighted by molar-refractivity contribution is -0.118. The fourth-order valence-corrected chi connectivity index (χ4v) is 1.08. The highest BCUT2D eigenvalue weighted by atomic mass is 16.5. The summed E-state index contributed by atoms with van der Waals surface area (Å²) in [6.45, 7) is 2.19. The number of rotatable bonds is 5. The molecule has 0 radical (unpaired) electrons. The summed E-state index contributed by atoms with van der Waals surface area (Å²) in [5.74, 6) is 0.189. The molecule has 0 aromatic carbocycles. The Kier molecular flexibility index (Phi) is 4.26. The molecule has 0 fully saturated rings. The lowest BCUT2D eigenvalue weighted by atomic mass is 10.3. The van der Waals surface area contributed by atoms with Crippen molar-refractivity contribution < 1.29 is 9.53 Å². The van der Waals surface area contributed by atoms with Gasteiger partial charge in [0.05, 0.1) is 6.61 Å². The number of aromatic nitrogens is 2. The summed E-state index contributed by atoms with van der Waals surface area (Å²) < 4.78 is 4.77. The van der Waals surface area contributed by atoms with Crippen LogP contribution in [0.4, 0.5) is 5.82 Å². The molecule has 0 saturated heterocycles. The van der Waals surface area contributed by atoms with Gasteiger partial charge in [0.15, 0.2) is 5.82 Å². The van der Waals surface area contributed by atoms with E-state index in [0.717, 1.165) is 12.1 Å². The third-order valence-electron chi connectivity index (χ3n) is 1.95. The Morgan fingerprint density at radius 3 is 3.07 bits per heavy atom. The standard InChI is InChI=1S/C9H16N4O2/c1-3-6-4-8(13-12-6)11-9(14)7(10)5-15-2/h4,7H,3,5,10H2,1-2H3,(H2,11,12,13,14). The SMILES string of the molecule is CCc1cc(NC(=O)C(N)COC)n[nH]1. The van der Waals surface area contributed by atoms with E-state index in [1.165, 1.54) is 7.11 Å². The van der Waals surface area contributed by atoms with E-state index in [2.05, 4.69) is 15.5 Å². The van der Waals surface area contributed by atoms with Crippen LogP contribution in [0.15, 0.2) is 6.07 Å². The zero-order valence-corrected chi connectivity index (χ0v) is 8.91. The Morgan fingerprint density at radius 1 is 1.80 bits per heavy atom. The quantitative estimate of drug-likeness (QED) is 0.634. The summed E-state index contributed by atoms with van der Waals surface area (Å²) >= 11 is 0. The van der Waals surface area contributed by atoms with Gasteiger partial charge in [-0.25, -0.2) is 0 Å². The molecule has 1 aromatic rings. The zero-order chi connectivity index (χ0) is 11.3. The van der Waals surface area contributed by atoms with Gasteiger partial charge in [-0.15, -0.1) is 0 Å². The number of amides is 1. The molecular formula is C9H16N4O2. The molecule has 0 aliphatic rings. The zero-order valence-electron chi connectivity index (χ0n) is 8.91. The molecule has 1 heterocycles. The van der Waals surface area contributed by atoms with Gasteiger partial charge in [-0.05, 0) is 6.42 Å². The van der Waals surface area contributed by atoms with Gasteiger partial charge in [-0.1, -0.05) is 6.92 Å². The molecule has 1 unspecified atom stereocenters. The topological polar surface area (TPSA) is 93.0 Å². The van der Waals surface area contributed by atoms with Crippen molar-refractivity contribution in [2.45, 2.75) is 19.4 Å². The Balaban J connectivity index is 2.50. The maximum Gasteiger partial charge on any atom is 0.244 e. The van der Waals surface area contributed by atoms with E-state index in [4.69, 9.17) is 10.5 Å². The van der Waals surface area contributed by atoms with Crippen molar-refractivity contribution in [3.8, 4) is 0 Å². The lowest BCUT2D eigenvalue weighted by Gasteiger charge is -2.08. The van der Waals surface area contributed by atoms with Gasteiger partial charge in [-0.2, -0.15) is 5.10 Å². The number of aryl methyl sites for hydroxylation is 1.